The second-order valence-corrected chi connectivity index (χ2v) is 6.91. The topological polar surface area (TPSA) is 89.3 Å². The molecule has 0 saturated carbocycles. The van der Waals surface area contributed by atoms with Crippen LogP contribution in [0.2, 0.25) is 0 Å². The molecule has 0 fully saturated rings. The van der Waals surface area contributed by atoms with Crippen molar-refractivity contribution < 1.29 is 13.9 Å². The second-order valence-electron chi connectivity index (χ2n) is 5.43. The molecule has 1 amide bonds. The van der Waals surface area contributed by atoms with Crippen LogP contribution in [0, 0.1) is 17.0 Å². The van der Waals surface area contributed by atoms with Gasteiger partial charge in [-0.05, 0) is 18.1 Å². The monoisotopic (exact) mass is 346 g/mol. The number of rotatable bonds is 6. The van der Waals surface area contributed by atoms with Crippen LogP contribution in [0.25, 0.3) is 0 Å². The van der Waals surface area contributed by atoms with Gasteiger partial charge in [0.1, 0.15) is 0 Å². The lowest BCUT2D eigenvalue weighted by molar-refractivity contribution is -0.384. The molecule has 0 aromatic heterocycles. The lowest BCUT2D eigenvalue weighted by Gasteiger charge is -2.19. The smallest absolute Gasteiger partial charge is 0.270 e. The third kappa shape index (κ3) is 4.48. The Morgan fingerprint density at radius 2 is 1.92 bits per heavy atom. The van der Waals surface area contributed by atoms with Gasteiger partial charge in [-0.1, -0.05) is 36.4 Å². The number of aryl methyl sites for hydroxylation is 1. The van der Waals surface area contributed by atoms with Gasteiger partial charge >= 0.3 is 0 Å². The van der Waals surface area contributed by atoms with Gasteiger partial charge in [-0.25, -0.2) is 0 Å². The molecule has 6 nitrogen and oxygen atoms in total. The number of nitro groups is 1. The van der Waals surface area contributed by atoms with E-state index >= 15 is 0 Å². The van der Waals surface area contributed by atoms with Gasteiger partial charge in [-0.3, -0.25) is 19.1 Å². The zero-order valence-electron chi connectivity index (χ0n) is 13.4. The first-order valence-corrected chi connectivity index (χ1v) is 9.02. The maximum atomic E-state index is 12.6. The number of non-ortho nitro benzene ring substituents is 1. The molecule has 2 atom stereocenters. The van der Waals surface area contributed by atoms with Gasteiger partial charge in [0.15, 0.2) is 0 Å². The van der Waals surface area contributed by atoms with Crippen LogP contribution in [0.3, 0.4) is 0 Å². The minimum absolute atomic E-state index is 0.138. The third-order valence-electron chi connectivity index (χ3n) is 3.59. The summed E-state index contributed by atoms with van der Waals surface area (Å²) in [6, 6.07) is 13.0. The van der Waals surface area contributed by atoms with E-state index in [1.54, 1.807) is 19.2 Å². The summed E-state index contributed by atoms with van der Waals surface area (Å²) in [5.74, 6) is -0.153. The van der Waals surface area contributed by atoms with Gasteiger partial charge < -0.3 is 5.32 Å². The number of nitrogens with one attached hydrogen (secondary N) is 1. The molecular weight excluding hydrogens is 328 g/mol. The molecule has 1 N–H and O–H groups in total. The number of nitrogens with zero attached hydrogens (tertiary/aromatic N) is 1. The second kappa shape index (κ2) is 7.83. The molecule has 2 rings (SSSR count). The highest BCUT2D eigenvalue weighted by Crippen LogP contribution is 2.19. The Morgan fingerprint density at radius 1 is 1.25 bits per heavy atom. The standard InChI is InChI=1S/C17H18N2O4S/c1-12-8-9-14(19(21)22)10-15(12)17(20)18-16(11-24(2)23)13-6-4-3-5-7-13/h3-10,16H,11H2,1-2H3,(H,18,20). The fourth-order valence-electron chi connectivity index (χ4n) is 2.35. The predicted octanol–water partition coefficient (Wildman–Crippen LogP) is 2.75. The summed E-state index contributed by atoms with van der Waals surface area (Å²) in [6.07, 6.45) is 1.57. The van der Waals surface area contributed by atoms with Crippen LogP contribution in [-0.2, 0) is 10.8 Å². The highest BCUT2D eigenvalue weighted by atomic mass is 32.2. The average molecular weight is 346 g/mol. The van der Waals surface area contributed by atoms with Crippen molar-refractivity contribution in [3.63, 3.8) is 0 Å². The van der Waals surface area contributed by atoms with E-state index in [0.29, 0.717) is 5.56 Å². The Labute approximate surface area is 142 Å². The first kappa shape index (κ1) is 17.8. The van der Waals surface area contributed by atoms with Gasteiger partial charge in [0.25, 0.3) is 11.6 Å². The molecule has 0 bridgehead atoms. The molecule has 0 spiro atoms. The SMILES string of the molecule is Cc1ccc([N+](=O)[O-])cc1C(=O)NC(CS(C)=O)c1ccccc1. The van der Waals surface area contributed by atoms with Crippen LogP contribution in [0.4, 0.5) is 5.69 Å². The fourth-order valence-corrected chi connectivity index (χ4v) is 3.09. The van der Waals surface area contributed by atoms with Gasteiger partial charge in [0.05, 0.1) is 11.0 Å². The summed E-state index contributed by atoms with van der Waals surface area (Å²) in [4.78, 5) is 22.9. The van der Waals surface area contributed by atoms with Crippen LogP contribution in [-0.4, -0.2) is 27.0 Å². The van der Waals surface area contributed by atoms with Crippen molar-refractivity contribution in [2.75, 3.05) is 12.0 Å². The molecule has 0 radical (unpaired) electrons. The molecule has 7 heteroatoms. The molecule has 126 valence electrons. The number of hydrogen-bond donors (Lipinski definition) is 1. The third-order valence-corrected chi connectivity index (χ3v) is 4.39. The summed E-state index contributed by atoms with van der Waals surface area (Å²) in [6.45, 7) is 1.72. The highest BCUT2D eigenvalue weighted by molar-refractivity contribution is 7.84. The van der Waals surface area contributed by atoms with Crippen LogP contribution in [0.1, 0.15) is 27.5 Å². The average Bonchev–Trinajstić information content (AvgIpc) is 2.54. The molecule has 2 aromatic rings. The van der Waals surface area contributed by atoms with Crippen LogP contribution < -0.4 is 5.32 Å². The molecule has 0 saturated heterocycles. The van der Waals surface area contributed by atoms with Crippen LogP contribution in [0.15, 0.2) is 48.5 Å². The first-order chi connectivity index (χ1) is 11.4. The van der Waals surface area contributed by atoms with Crippen molar-refractivity contribution in [1.82, 2.24) is 5.32 Å². The van der Waals surface area contributed by atoms with E-state index < -0.39 is 27.7 Å². The molecule has 2 aromatic carbocycles. The molecular formula is C17H18N2O4S. The number of carbonyl (C=O) groups excluding carboxylic acids is 1. The Balaban J connectivity index is 2.29. The molecule has 0 aliphatic heterocycles. The normalized spacial score (nSPS) is 13.1. The largest absolute Gasteiger partial charge is 0.344 e. The number of nitro benzene ring substituents is 1. The summed E-state index contributed by atoms with van der Waals surface area (Å²) >= 11 is 0. The summed E-state index contributed by atoms with van der Waals surface area (Å²) in [5.41, 5.74) is 1.58. The Bertz CT molecular complexity index is 777. The maximum absolute atomic E-state index is 12.6. The molecule has 0 heterocycles. The van der Waals surface area contributed by atoms with Gasteiger partial charge in [0.2, 0.25) is 0 Å². The molecule has 0 aliphatic rings. The number of carbonyl (C=O) groups is 1. The highest BCUT2D eigenvalue weighted by Gasteiger charge is 2.20. The van der Waals surface area contributed by atoms with E-state index in [1.165, 1.54) is 12.1 Å². The van der Waals surface area contributed by atoms with E-state index in [9.17, 15) is 19.1 Å². The Hall–Kier alpha value is -2.54. The van der Waals surface area contributed by atoms with Crippen molar-refractivity contribution in [2.45, 2.75) is 13.0 Å². The predicted molar refractivity (Wildman–Crippen MR) is 93.4 cm³/mol. The maximum Gasteiger partial charge on any atom is 0.270 e. The zero-order chi connectivity index (χ0) is 17.7. The number of benzene rings is 2. The van der Waals surface area contributed by atoms with Gasteiger partial charge in [-0.2, -0.15) is 0 Å². The minimum atomic E-state index is -1.11. The summed E-state index contributed by atoms with van der Waals surface area (Å²) in [7, 11) is -1.11. The first-order valence-electron chi connectivity index (χ1n) is 7.29. The van der Waals surface area contributed by atoms with Crippen molar-refractivity contribution in [1.29, 1.82) is 0 Å². The van der Waals surface area contributed by atoms with Crippen molar-refractivity contribution >= 4 is 22.4 Å². The van der Waals surface area contributed by atoms with Crippen molar-refractivity contribution in [3.8, 4) is 0 Å². The van der Waals surface area contributed by atoms with E-state index in [4.69, 9.17) is 0 Å². The quantitative estimate of drug-likeness (QED) is 0.643. The fraction of sp³-hybridized carbons (Fsp3) is 0.235. The lowest BCUT2D eigenvalue weighted by atomic mass is 10.0. The molecule has 24 heavy (non-hydrogen) atoms. The van der Waals surface area contributed by atoms with Gasteiger partial charge in [-0.15, -0.1) is 0 Å². The van der Waals surface area contributed by atoms with E-state index in [2.05, 4.69) is 5.32 Å². The van der Waals surface area contributed by atoms with E-state index in [0.717, 1.165) is 5.56 Å². The molecule has 2 unspecified atom stereocenters. The van der Waals surface area contributed by atoms with E-state index in [1.807, 2.05) is 30.3 Å². The minimum Gasteiger partial charge on any atom is -0.344 e. The van der Waals surface area contributed by atoms with Crippen LogP contribution >= 0.6 is 0 Å². The van der Waals surface area contributed by atoms with Crippen molar-refractivity contribution in [3.05, 3.63) is 75.3 Å². The zero-order valence-corrected chi connectivity index (χ0v) is 14.2. The van der Waals surface area contributed by atoms with E-state index in [-0.39, 0.29) is 17.0 Å². The van der Waals surface area contributed by atoms with Crippen LogP contribution in [0.5, 0.6) is 0 Å². The van der Waals surface area contributed by atoms with Crippen molar-refractivity contribution in [2.24, 2.45) is 0 Å². The Morgan fingerprint density at radius 3 is 2.50 bits per heavy atom. The number of amides is 1. The Kier molecular flexibility index (Phi) is 5.81. The lowest BCUT2D eigenvalue weighted by Crippen LogP contribution is -2.32. The number of hydrogen-bond acceptors (Lipinski definition) is 4. The molecule has 0 aliphatic carbocycles. The summed E-state index contributed by atoms with van der Waals surface area (Å²) in [5, 5.41) is 13.7. The summed E-state index contributed by atoms with van der Waals surface area (Å²) < 4.78 is 11.6. The van der Waals surface area contributed by atoms with Gasteiger partial charge in [0, 0.05) is 40.5 Å².